The van der Waals surface area contributed by atoms with Crippen LogP contribution in [0.25, 0.3) is 0 Å². The lowest BCUT2D eigenvalue weighted by Crippen LogP contribution is -2.37. The van der Waals surface area contributed by atoms with Gasteiger partial charge in [-0.2, -0.15) is 0 Å². The fourth-order valence-electron chi connectivity index (χ4n) is 2.95. The molecule has 0 bridgehead atoms. The number of nitrogens with zero attached hydrogens (tertiary/aromatic N) is 3. The standard InChI is InChI=1S/C19H24FN5O/c1-13-23-16(12-17(24-13)25(2)3)21-10-11-22-18(26)19(8-9-19)14-4-6-15(20)7-5-14/h4-7,12H,8-11H2,1-3H3,(H,22,26)(H,21,23,24). The van der Waals surface area contributed by atoms with Gasteiger partial charge in [-0.25, -0.2) is 14.4 Å². The van der Waals surface area contributed by atoms with Crippen LogP contribution in [0, 0.1) is 12.7 Å². The molecule has 0 radical (unpaired) electrons. The molecule has 0 aliphatic heterocycles. The van der Waals surface area contributed by atoms with Crippen molar-refractivity contribution >= 4 is 17.5 Å². The molecular formula is C19H24FN5O. The first kappa shape index (κ1) is 18.1. The number of halogens is 1. The second kappa shape index (κ2) is 7.27. The summed E-state index contributed by atoms with van der Waals surface area (Å²) in [6.45, 7) is 2.90. The Bertz CT molecular complexity index is 787. The molecule has 1 heterocycles. The van der Waals surface area contributed by atoms with E-state index >= 15 is 0 Å². The number of rotatable bonds is 7. The summed E-state index contributed by atoms with van der Waals surface area (Å²) < 4.78 is 13.1. The van der Waals surface area contributed by atoms with Crippen molar-refractivity contribution in [3.05, 3.63) is 47.5 Å². The Labute approximate surface area is 152 Å². The van der Waals surface area contributed by atoms with Crippen LogP contribution < -0.4 is 15.5 Å². The molecule has 0 atom stereocenters. The number of anilines is 2. The van der Waals surface area contributed by atoms with Gasteiger partial charge >= 0.3 is 0 Å². The SMILES string of the molecule is Cc1nc(NCCNC(=O)C2(c3ccc(F)cc3)CC2)cc(N(C)C)n1. The van der Waals surface area contributed by atoms with E-state index in [1.807, 2.05) is 32.0 Å². The zero-order valence-corrected chi connectivity index (χ0v) is 15.3. The molecule has 1 aliphatic rings. The number of carbonyl (C=O) groups is 1. The van der Waals surface area contributed by atoms with Gasteiger partial charge in [-0.3, -0.25) is 4.79 Å². The Hall–Kier alpha value is -2.70. The summed E-state index contributed by atoms with van der Waals surface area (Å²) in [4.78, 5) is 23.2. The van der Waals surface area contributed by atoms with Crippen LogP contribution in [0.1, 0.15) is 24.2 Å². The number of aromatic nitrogens is 2. The monoisotopic (exact) mass is 357 g/mol. The predicted molar refractivity (Wildman–Crippen MR) is 99.9 cm³/mol. The van der Waals surface area contributed by atoms with Gasteiger partial charge in [0.1, 0.15) is 23.3 Å². The van der Waals surface area contributed by atoms with Crippen molar-refractivity contribution < 1.29 is 9.18 Å². The first-order chi connectivity index (χ1) is 12.4. The lowest BCUT2D eigenvalue weighted by molar-refractivity contribution is -0.123. The average Bonchev–Trinajstić information content (AvgIpc) is 3.40. The molecule has 6 nitrogen and oxygen atoms in total. The van der Waals surface area contributed by atoms with Gasteiger partial charge in [-0.15, -0.1) is 0 Å². The van der Waals surface area contributed by atoms with Crippen LogP contribution in [-0.4, -0.2) is 43.1 Å². The Morgan fingerprint density at radius 2 is 1.88 bits per heavy atom. The summed E-state index contributed by atoms with van der Waals surface area (Å²) in [6.07, 6.45) is 1.60. The first-order valence-corrected chi connectivity index (χ1v) is 8.72. The third-order valence-corrected chi connectivity index (χ3v) is 4.58. The first-order valence-electron chi connectivity index (χ1n) is 8.72. The Morgan fingerprint density at radius 1 is 1.19 bits per heavy atom. The summed E-state index contributed by atoms with van der Waals surface area (Å²) in [6, 6.07) is 8.09. The largest absolute Gasteiger partial charge is 0.368 e. The molecule has 138 valence electrons. The van der Waals surface area contributed by atoms with Gasteiger partial charge in [0, 0.05) is 33.3 Å². The van der Waals surface area contributed by atoms with E-state index in [1.54, 1.807) is 12.1 Å². The van der Waals surface area contributed by atoms with Gasteiger partial charge < -0.3 is 15.5 Å². The number of nitrogens with one attached hydrogen (secondary N) is 2. The quantitative estimate of drug-likeness (QED) is 0.744. The molecule has 0 spiro atoms. The van der Waals surface area contributed by atoms with Gasteiger partial charge in [-0.05, 0) is 37.5 Å². The highest BCUT2D eigenvalue weighted by Crippen LogP contribution is 2.48. The van der Waals surface area contributed by atoms with Crippen LogP contribution in [0.5, 0.6) is 0 Å². The van der Waals surface area contributed by atoms with Crippen molar-refractivity contribution in [2.24, 2.45) is 0 Å². The Balaban J connectivity index is 1.52. The zero-order valence-electron chi connectivity index (χ0n) is 15.3. The molecule has 1 aromatic heterocycles. The molecule has 2 N–H and O–H groups in total. The van der Waals surface area contributed by atoms with Crippen LogP contribution in [0.4, 0.5) is 16.0 Å². The Morgan fingerprint density at radius 3 is 2.50 bits per heavy atom. The molecule has 0 unspecified atom stereocenters. The second-order valence-electron chi connectivity index (χ2n) is 6.82. The van der Waals surface area contributed by atoms with Crippen molar-refractivity contribution in [3.63, 3.8) is 0 Å². The minimum atomic E-state index is -0.489. The van der Waals surface area contributed by atoms with E-state index in [0.717, 1.165) is 30.0 Å². The van der Waals surface area contributed by atoms with E-state index in [-0.39, 0.29) is 11.7 Å². The zero-order chi connectivity index (χ0) is 18.7. The highest BCUT2D eigenvalue weighted by molar-refractivity contribution is 5.91. The second-order valence-corrected chi connectivity index (χ2v) is 6.82. The lowest BCUT2D eigenvalue weighted by Gasteiger charge is -2.17. The predicted octanol–water partition coefficient (Wildman–Crippen LogP) is 2.25. The van der Waals surface area contributed by atoms with Crippen molar-refractivity contribution in [2.75, 3.05) is 37.4 Å². The smallest absolute Gasteiger partial charge is 0.230 e. The molecule has 1 aromatic carbocycles. The summed E-state index contributed by atoms with van der Waals surface area (Å²) in [5, 5.41) is 6.18. The van der Waals surface area contributed by atoms with Crippen molar-refractivity contribution in [1.29, 1.82) is 0 Å². The molecule has 1 aliphatic carbocycles. The molecule has 0 saturated heterocycles. The van der Waals surface area contributed by atoms with E-state index in [2.05, 4.69) is 20.6 Å². The topological polar surface area (TPSA) is 70.2 Å². The summed E-state index contributed by atoms with van der Waals surface area (Å²) >= 11 is 0. The summed E-state index contributed by atoms with van der Waals surface area (Å²) in [7, 11) is 3.85. The van der Waals surface area contributed by atoms with Crippen LogP contribution in [-0.2, 0) is 10.2 Å². The van der Waals surface area contributed by atoms with Gasteiger partial charge in [0.2, 0.25) is 5.91 Å². The van der Waals surface area contributed by atoms with Crippen LogP contribution in [0.2, 0.25) is 0 Å². The van der Waals surface area contributed by atoms with E-state index in [9.17, 15) is 9.18 Å². The van der Waals surface area contributed by atoms with E-state index in [4.69, 9.17) is 0 Å². The molecule has 3 rings (SSSR count). The van der Waals surface area contributed by atoms with E-state index < -0.39 is 5.41 Å². The molecule has 1 amide bonds. The van der Waals surface area contributed by atoms with E-state index in [1.165, 1.54) is 12.1 Å². The number of benzene rings is 1. The maximum absolute atomic E-state index is 13.1. The number of carbonyl (C=O) groups excluding carboxylic acids is 1. The number of aryl methyl sites for hydroxylation is 1. The van der Waals surface area contributed by atoms with Gasteiger partial charge in [0.25, 0.3) is 0 Å². The van der Waals surface area contributed by atoms with Gasteiger partial charge in [0.05, 0.1) is 5.41 Å². The minimum absolute atomic E-state index is 0.00115. The van der Waals surface area contributed by atoms with Crippen LogP contribution in [0.15, 0.2) is 30.3 Å². The lowest BCUT2D eigenvalue weighted by atomic mass is 9.95. The summed E-state index contributed by atoms with van der Waals surface area (Å²) in [5.41, 5.74) is 0.392. The highest BCUT2D eigenvalue weighted by atomic mass is 19.1. The van der Waals surface area contributed by atoms with Gasteiger partial charge in [0.15, 0.2) is 0 Å². The fourth-order valence-corrected chi connectivity index (χ4v) is 2.95. The number of amides is 1. The third kappa shape index (κ3) is 3.92. The molecule has 26 heavy (non-hydrogen) atoms. The third-order valence-electron chi connectivity index (χ3n) is 4.58. The van der Waals surface area contributed by atoms with Crippen molar-refractivity contribution in [1.82, 2.24) is 15.3 Å². The van der Waals surface area contributed by atoms with Crippen molar-refractivity contribution in [3.8, 4) is 0 Å². The summed E-state index contributed by atoms with van der Waals surface area (Å²) in [5.74, 6) is 1.97. The van der Waals surface area contributed by atoms with E-state index in [0.29, 0.717) is 18.9 Å². The molecular weight excluding hydrogens is 333 g/mol. The maximum atomic E-state index is 13.1. The maximum Gasteiger partial charge on any atom is 0.230 e. The highest BCUT2D eigenvalue weighted by Gasteiger charge is 2.50. The van der Waals surface area contributed by atoms with Gasteiger partial charge in [-0.1, -0.05) is 12.1 Å². The van der Waals surface area contributed by atoms with Crippen molar-refractivity contribution in [2.45, 2.75) is 25.2 Å². The Kier molecular flexibility index (Phi) is 5.06. The fraction of sp³-hybridized carbons (Fsp3) is 0.421. The minimum Gasteiger partial charge on any atom is -0.368 e. The molecule has 1 saturated carbocycles. The van der Waals surface area contributed by atoms with Crippen LogP contribution in [0.3, 0.4) is 0 Å². The molecule has 1 fully saturated rings. The number of hydrogen-bond donors (Lipinski definition) is 2. The molecule has 2 aromatic rings. The average molecular weight is 357 g/mol. The molecule has 7 heteroatoms. The normalized spacial score (nSPS) is 14.6. The van der Waals surface area contributed by atoms with Crippen LogP contribution >= 0.6 is 0 Å². The number of hydrogen-bond acceptors (Lipinski definition) is 5.